The fraction of sp³-hybridized carbons (Fsp3) is 0.400. The van der Waals surface area contributed by atoms with Crippen molar-refractivity contribution in [2.24, 2.45) is 0 Å². The largest absolute Gasteiger partial charge is 0.375 e. The molecular formula is C15H19N3. The first kappa shape index (κ1) is 11.3. The third-order valence-electron chi connectivity index (χ3n) is 3.57. The minimum Gasteiger partial charge on any atom is -0.375 e. The Morgan fingerprint density at radius 3 is 3.17 bits per heavy atom. The second-order valence-corrected chi connectivity index (χ2v) is 4.87. The molecule has 1 aliphatic rings. The van der Waals surface area contributed by atoms with Crippen LogP contribution in [0, 0.1) is 0 Å². The van der Waals surface area contributed by atoms with E-state index in [0.717, 1.165) is 25.8 Å². The van der Waals surface area contributed by atoms with Crippen molar-refractivity contribution in [3.8, 4) is 0 Å². The van der Waals surface area contributed by atoms with Crippen molar-refractivity contribution < 1.29 is 0 Å². The smallest absolute Gasteiger partial charge is 0.131 e. The molecule has 1 unspecified atom stereocenters. The van der Waals surface area contributed by atoms with E-state index in [1.54, 1.807) is 0 Å². The molecule has 0 fully saturated rings. The molecule has 2 aromatic rings. The van der Waals surface area contributed by atoms with Crippen LogP contribution in [0.1, 0.15) is 37.2 Å². The highest BCUT2D eigenvalue weighted by molar-refractivity contribution is 5.54. The van der Waals surface area contributed by atoms with Crippen LogP contribution in [0.2, 0.25) is 0 Å². The summed E-state index contributed by atoms with van der Waals surface area (Å²) in [4.78, 5) is 4.53. The van der Waals surface area contributed by atoms with E-state index in [1.165, 1.54) is 17.1 Å². The lowest BCUT2D eigenvalue weighted by atomic mass is 9.98. The molecule has 0 spiro atoms. The molecule has 1 aromatic carbocycles. The van der Waals surface area contributed by atoms with E-state index in [2.05, 4.69) is 52.3 Å². The predicted molar refractivity (Wildman–Crippen MR) is 73.6 cm³/mol. The van der Waals surface area contributed by atoms with E-state index in [4.69, 9.17) is 0 Å². The molecule has 1 atom stereocenters. The van der Waals surface area contributed by atoms with Gasteiger partial charge in [0.15, 0.2) is 0 Å². The number of anilines is 1. The van der Waals surface area contributed by atoms with Gasteiger partial charge in [0.05, 0.1) is 6.04 Å². The summed E-state index contributed by atoms with van der Waals surface area (Å²) in [5, 5.41) is 3.61. The van der Waals surface area contributed by atoms with Gasteiger partial charge in [-0.25, -0.2) is 4.98 Å². The molecule has 18 heavy (non-hydrogen) atoms. The Morgan fingerprint density at radius 1 is 1.39 bits per heavy atom. The normalized spacial score (nSPS) is 18.2. The zero-order valence-electron chi connectivity index (χ0n) is 10.8. The molecule has 1 aromatic heterocycles. The zero-order valence-corrected chi connectivity index (χ0v) is 10.8. The zero-order chi connectivity index (χ0) is 12.4. The summed E-state index contributed by atoms with van der Waals surface area (Å²) < 4.78 is 2.27. The fourth-order valence-corrected chi connectivity index (χ4v) is 2.69. The number of nitrogens with zero attached hydrogens (tertiary/aromatic N) is 2. The second-order valence-electron chi connectivity index (χ2n) is 4.87. The van der Waals surface area contributed by atoms with Gasteiger partial charge in [-0.1, -0.05) is 25.1 Å². The fourth-order valence-electron chi connectivity index (χ4n) is 2.69. The number of aromatic nitrogens is 2. The van der Waals surface area contributed by atoms with Gasteiger partial charge in [0.1, 0.15) is 5.82 Å². The van der Waals surface area contributed by atoms with Crippen LogP contribution in [-0.2, 0) is 13.0 Å². The summed E-state index contributed by atoms with van der Waals surface area (Å²) in [5.41, 5.74) is 2.68. The maximum absolute atomic E-state index is 4.53. The van der Waals surface area contributed by atoms with Gasteiger partial charge in [-0.3, -0.25) is 0 Å². The summed E-state index contributed by atoms with van der Waals surface area (Å²) in [5.74, 6) is 1.17. The highest BCUT2D eigenvalue weighted by atomic mass is 15.1. The predicted octanol–water partition coefficient (Wildman–Crippen LogP) is 3.39. The molecule has 0 aliphatic carbocycles. The quantitative estimate of drug-likeness (QED) is 0.892. The van der Waals surface area contributed by atoms with Crippen molar-refractivity contribution in [3.05, 3.63) is 48.0 Å². The summed E-state index contributed by atoms with van der Waals surface area (Å²) in [6.45, 7) is 3.25. The van der Waals surface area contributed by atoms with E-state index in [-0.39, 0.29) is 0 Å². The molecular weight excluding hydrogens is 222 g/mol. The molecule has 1 aliphatic heterocycles. The van der Waals surface area contributed by atoms with Crippen molar-refractivity contribution in [3.63, 3.8) is 0 Å². The lowest BCUT2D eigenvalue weighted by Gasteiger charge is -2.27. The first-order valence-electron chi connectivity index (χ1n) is 6.74. The number of fused-ring (bicyclic) bond motifs is 1. The Balaban J connectivity index is 1.85. The van der Waals surface area contributed by atoms with Gasteiger partial charge in [0.25, 0.3) is 0 Å². The van der Waals surface area contributed by atoms with Crippen LogP contribution in [-0.4, -0.2) is 9.55 Å². The molecule has 0 saturated heterocycles. The lowest BCUT2D eigenvalue weighted by molar-refractivity contribution is 0.562. The second kappa shape index (κ2) is 4.84. The maximum Gasteiger partial charge on any atom is 0.131 e. The van der Waals surface area contributed by atoms with Gasteiger partial charge in [-0.2, -0.15) is 0 Å². The average Bonchev–Trinajstić information content (AvgIpc) is 2.87. The number of benzene rings is 1. The van der Waals surface area contributed by atoms with Crippen molar-refractivity contribution in [2.45, 2.75) is 38.8 Å². The van der Waals surface area contributed by atoms with Gasteiger partial charge in [-0.05, 0) is 30.9 Å². The van der Waals surface area contributed by atoms with E-state index in [1.807, 2.05) is 6.20 Å². The monoisotopic (exact) mass is 241 g/mol. The number of hydrogen-bond acceptors (Lipinski definition) is 2. The first-order valence-corrected chi connectivity index (χ1v) is 6.74. The van der Waals surface area contributed by atoms with E-state index in [0.29, 0.717) is 6.04 Å². The summed E-state index contributed by atoms with van der Waals surface area (Å²) in [6, 6.07) is 8.92. The topological polar surface area (TPSA) is 29.9 Å². The maximum atomic E-state index is 4.53. The van der Waals surface area contributed by atoms with Crippen molar-refractivity contribution in [2.75, 3.05) is 5.32 Å². The minimum atomic E-state index is 0.349. The molecule has 0 radical (unpaired) electrons. The van der Waals surface area contributed by atoms with Gasteiger partial charge >= 0.3 is 0 Å². The van der Waals surface area contributed by atoms with Gasteiger partial charge < -0.3 is 9.88 Å². The van der Waals surface area contributed by atoms with E-state index >= 15 is 0 Å². The van der Waals surface area contributed by atoms with Crippen molar-refractivity contribution in [1.82, 2.24) is 9.55 Å². The van der Waals surface area contributed by atoms with Crippen LogP contribution in [0.4, 0.5) is 5.69 Å². The molecule has 0 amide bonds. The lowest BCUT2D eigenvalue weighted by Crippen LogP contribution is -2.21. The molecule has 0 saturated carbocycles. The number of imidazole rings is 1. The number of nitrogens with one attached hydrogen (secondary N) is 1. The third kappa shape index (κ3) is 2.01. The third-order valence-corrected chi connectivity index (χ3v) is 3.57. The summed E-state index contributed by atoms with van der Waals surface area (Å²) in [6.07, 6.45) is 7.39. The molecule has 3 nitrogen and oxygen atoms in total. The van der Waals surface area contributed by atoms with Crippen LogP contribution >= 0.6 is 0 Å². The molecule has 0 bridgehead atoms. The number of para-hydroxylation sites is 1. The molecule has 2 heterocycles. The van der Waals surface area contributed by atoms with Crippen LogP contribution in [0.5, 0.6) is 0 Å². The SMILES string of the molecule is CCCn1ccnc1C1CCc2ccccc2N1. The molecule has 94 valence electrons. The van der Waals surface area contributed by atoms with E-state index < -0.39 is 0 Å². The Morgan fingerprint density at radius 2 is 2.28 bits per heavy atom. The highest BCUT2D eigenvalue weighted by Crippen LogP contribution is 2.31. The van der Waals surface area contributed by atoms with Crippen molar-refractivity contribution in [1.29, 1.82) is 0 Å². The molecule has 1 N–H and O–H groups in total. The van der Waals surface area contributed by atoms with E-state index in [9.17, 15) is 0 Å². The van der Waals surface area contributed by atoms with Crippen LogP contribution in [0.25, 0.3) is 0 Å². The van der Waals surface area contributed by atoms with Gasteiger partial charge in [0, 0.05) is 24.6 Å². The number of rotatable bonds is 3. The Labute approximate surface area is 108 Å². The standard InChI is InChI=1S/C15H19N3/c1-2-10-18-11-9-16-15(18)14-8-7-12-5-3-4-6-13(12)17-14/h3-6,9,11,14,17H,2,7-8,10H2,1H3. The van der Waals surface area contributed by atoms with Gasteiger partial charge in [-0.15, -0.1) is 0 Å². The summed E-state index contributed by atoms with van der Waals surface area (Å²) in [7, 11) is 0. The van der Waals surface area contributed by atoms with Crippen LogP contribution in [0.15, 0.2) is 36.7 Å². The van der Waals surface area contributed by atoms with Gasteiger partial charge in [0.2, 0.25) is 0 Å². The Bertz CT molecular complexity index is 530. The first-order chi connectivity index (χ1) is 8.88. The van der Waals surface area contributed by atoms with Crippen LogP contribution < -0.4 is 5.32 Å². The molecule has 3 heteroatoms. The highest BCUT2D eigenvalue weighted by Gasteiger charge is 2.22. The molecule has 3 rings (SSSR count). The number of hydrogen-bond donors (Lipinski definition) is 1. The van der Waals surface area contributed by atoms with Crippen LogP contribution in [0.3, 0.4) is 0 Å². The number of aryl methyl sites for hydroxylation is 2. The Hall–Kier alpha value is -1.77. The average molecular weight is 241 g/mol. The summed E-state index contributed by atoms with van der Waals surface area (Å²) >= 11 is 0. The Kier molecular flexibility index (Phi) is 3.05. The van der Waals surface area contributed by atoms with Crippen molar-refractivity contribution >= 4 is 5.69 Å². The minimum absolute atomic E-state index is 0.349.